The standard InChI is InChI=1S/C14H21FN2.ClH/c1-11-5-6-14(15)12(8-11)9-17-7-3-4-13(10-17)16-2;/h5-6,8,13,16H,3-4,7,9-10H2,1-2H3;1H. The Hall–Kier alpha value is -0.640. The molecule has 2 rings (SSSR count). The third-order valence-electron chi connectivity index (χ3n) is 3.51. The summed E-state index contributed by atoms with van der Waals surface area (Å²) < 4.78 is 13.7. The first-order valence-corrected chi connectivity index (χ1v) is 6.33. The Kier molecular flexibility index (Phi) is 6.06. The van der Waals surface area contributed by atoms with E-state index in [1.54, 1.807) is 6.07 Å². The van der Waals surface area contributed by atoms with Crippen LogP contribution < -0.4 is 5.32 Å². The number of nitrogens with one attached hydrogen (secondary N) is 1. The largest absolute Gasteiger partial charge is 0.316 e. The van der Waals surface area contributed by atoms with E-state index in [9.17, 15) is 4.39 Å². The van der Waals surface area contributed by atoms with Gasteiger partial charge in [0, 0.05) is 24.7 Å². The molecule has 0 aromatic heterocycles. The molecule has 1 unspecified atom stereocenters. The molecule has 0 amide bonds. The summed E-state index contributed by atoms with van der Waals surface area (Å²) in [5.41, 5.74) is 1.95. The van der Waals surface area contributed by atoms with Crippen LogP contribution in [0.15, 0.2) is 18.2 Å². The lowest BCUT2D eigenvalue weighted by molar-refractivity contribution is 0.186. The fourth-order valence-electron chi connectivity index (χ4n) is 2.50. The smallest absolute Gasteiger partial charge is 0.127 e. The van der Waals surface area contributed by atoms with E-state index in [0.29, 0.717) is 6.04 Å². The van der Waals surface area contributed by atoms with Crippen molar-refractivity contribution in [1.82, 2.24) is 10.2 Å². The van der Waals surface area contributed by atoms with Crippen LogP contribution in [0, 0.1) is 12.7 Å². The second-order valence-corrected chi connectivity index (χ2v) is 4.96. The zero-order valence-electron chi connectivity index (χ0n) is 11.1. The molecule has 1 atom stereocenters. The van der Waals surface area contributed by atoms with Gasteiger partial charge in [0.25, 0.3) is 0 Å². The number of benzene rings is 1. The highest BCUT2D eigenvalue weighted by Crippen LogP contribution is 2.16. The van der Waals surface area contributed by atoms with Gasteiger partial charge in [-0.3, -0.25) is 4.90 Å². The summed E-state index contributed by atoms with van der Waals surface area (Å²) in [5.74, 6) is -0.0813. The minimum Gasteiger partial charge on any atom is -0.316 e. The number of piperidine rings is 1. The number of likely N-dealkylation sites (N-methyl/N-ethyl adjacent to an activating group) is 1. The van der Waals surface area contributed by atoms with Crippen molar-refractivity contribution in [3.8, 4) is 0 Å². The molecule has 102 valence electrons. The molecule has 0 bridgehead atoms. The molecule has 4 heteroatoms. The third kappa shape index (κ3) is 3.94. The van der Waals surface area contributed by atoms with Crippen molar-refractivity contribution in [2.75, 3.05) is 20.1 Å². The Bertz CT molecular complexity index is 384. The van der Waals surface area contributed by atoms with Gasteiger partial charge in [0.15, 0.2) is 0 Å². The van der Waals surface area contributed by atoms with Crippen LogP contribution in [0.3, 0.4) is 0 Å². The van der Waals surface area contributed by atoms with E-state index in [2.05, 4.69) is 10.2 Å². The van der Waals surface area contributed by atoms with Gasteiger partial charge in [-0.15, -0.1) is 12.4 Å². The number of likely N-dealkylation sites (tertiary alicyclic amines) is 1. The van der Waals surface area contributed by atoms with Crippen LogP contribution in [-0.2, 0) is 6.54 Å². The van der Waals surface area contributed by atoms with Crippen LogP contribution in [0.4, 0.5) is 4.39 Å². The molecule has 1 aromatic rings. The molecule has 1 heterocycles. The first-order valence-electron chi connectivity index (χ1n) is 6.33. The van der Waals surface area contributed by atoms with Crippen LogP contribution in [0.25, 0.3) is 0 Å². The Morgan fingerprint density at radius 1 is 1.44 bits per heavy atom. The lowest BCUT2D eigenvalue weighted by atomic mass is 10.0. The second kappa shape index (κ2) is 7.07. The molecule has 0 radical (unpaired) electrons. The van der Waals surface area contributed by atoms with E-state index >= 15 is 0 Å². The molecule has 1 aliphatic rings. The SMILES string of the molecule is CNC1CCCN(Cc2cc(C)ccc2F)C1.Cl. The number of aryl methyl sites for hydroxylation is 1. The summed E-state index contributed by atoms with van der Waals surface area (Å²) in [5, 5.41) is 3.31. The summed E-state index contributed by atoms with van der Waals surface area (Å²) in [6.07, 6.45) is 2.42. The van der Waals surface area contributed by atoms with Gasteiger partial charge in [-0.05, 0) is 39.4 Å². The predicted octanol–water partition coefficient (Wildman–Crippen LogP) is 2.74. The minimum absolute atomic E-state index is 0. The number of hydrogen-bond donors (Lipinski definition) is 1. The van der Waals surface area contributed by atoms with Gasteiger partial charge in [0.2, 0.25) is 0 Å². The van der Waals surface area contributed by atoms with Gasteiger partial charge in [-0.1, -0.05) is 17.7 Å². The lowest BCUT2D eigenvalue weighted by Gasteiger charge is -2.32. The summed E-state index contributed by atoms with van der Waals surface area (Å²) in [7, 11) is 2.00. The molecule has 2 nitrogen and oxygen atoms in total. The van der Waals surface area contributed by atoms with Gasteiger partial charge in [-0.25, -0.2) is 4.39 Å². The van der Waals surface area contributed by atoms with Gasteiger partial charge in [0.1, 0.15) is 5.82 Å². The average Bonchev–Trinajstić information content (AvgIpc) is 2.34. The number of halogens is 2. The fourth-order valence-corrected chi connectivity index (χ4v) is 2.50. The predicted molar refractivity (Wildman–Crippen MR) is 75.7 cm³/mol. The molecule has 18 heavy (non-hydrogen) atoms. The van der Waals surface area contributed by atoms with Crippen LogP contribution >= 0.6 is 12.4 Å². The van der Waals surface area contributed by atoms with Crippen molar-refractivity contribution in [3.05, 3.63) is 35.1 Å². The van der Waals surface area contributed by atoms with Crippen molar-refractivity contribution < 1.29 is 4.39 Å². The highest BCUT2D eigenvalue weighted by molar-refractivity contribution is 5.85. The van der Waals surface area contributed by atoms with Crippen molar-refractivity contribution in [2.24, 2.45) is 0 Å². The summed E-state index contributed by atoms with van der Waals surface area (Å²) >= 11 is 0. The van der Waals surface area contributed by atoms with E-state index in [0.717, 1.165) is 30.8 Å². The third-order valence-corrected chi connectivity index (χ3v) is 3.51. The van der Waals surface area contributed by atoms with E-state index in [-0.39, 0.29) is 18.2 Å². The Balaban J connectivity index is 0.00000162. The normalized spacial score (nSPS) is 20.5. The van der Waals surface area contributed by atoms with Crippen molar-refractivity contribution in [1.29, 1.82) is 0 Å². The van der Waals surface area contributed by atoms with E-state index < -0.39 is 0 Å². The Labute approximate surface area is 115 Å². The van der Waals surface area contributed by atoms with Gasteiger partial charge in [0.05, 0.1) is 0 Å². The minimum atomic E-state index is -0.0813. The highest BCUT2D eigenvalue weighted by atomic mass is 35.5. The number of rotatable bonds is 3. The molecule has 1 aromatic carbocycles. The summed E-state index contributed by atoms with van der Waals surface area (Å²) in [6, 6.07) is 5.91. The van der Waals surface area contributed by atoms with Gasteiger partial charge < -0.3 is 5.32 Å². The van der Waals surface area contributed by atoms with Crippen LogP contribution in [0.2, 0.25) is 0 Å². The molecule has 1 N–H and O–H groups in total. The number of nitrogens with zero attached hydrogens (tertiary/aromatic N) is 1. The Morgan fingerprint density at radius 2 is 2.22 bits per heavy atom. The van der Waals surface area contributed by atoms with Crippen LogP contribution in [0.5, 0.6) is 0 Å². The maximum atomic E-state index is 13.7. The molecule has 0 spiro atoms. The highest BCUT2D eigenvalue weighted by Gasteiger charge is 2.19. The van der Waals surface area contributed by atoms with Crippen LogP contribution in [-0.4, -0.2) is 31.1 Å². The maximum absolute atomic E-state index is 13.7. The van der Waals surface area contributed by atoms with Gasteiger partial charge >= 0.3 is 0 Å². The van der Waals surface area contributed by atoms with Gasteiger partial charge in [-0.2, -0.15) is 0 Å². The molecule has 1 aliphatic heterocycles. The second-order valence-electron chi connectivity index (χ2n) is 4.96. The molecule has 1 saturated heterocycles. The monoisotopic (exact) mass is 272 g/mol. The van der Waals surface area contributed by atoms with Crippen LogP contribution in [0.1, 0.15) is 24.0 Å². The lowest BCUT2D eigenvalue weighted by Crippen LogP contribution is -2.43. The molecule has 0 aliphatic carbocycles. The van der Waals surface area contributed by atoms with Crippen molar-refractivity contribution in [3.63, 3.8) is 0 Å². The average molecular weight is 273 g/mol. The van der Waals surface area contributed by atoms with Crippen molar-refractivity contribution in [2.45, 2.75) is 32.4 Å². The quantitative estimate of drug-likeness (QED) is 0.910. The zero-order valence-corrected chi connectivity index (χ0v) is 11.9. The first kappa shape index (κ1) is 15.4. The van der Waals surface area contributed by atoms with E-state index in [1.165, 1.54) is 12.8 Å². The summed E-state index contributed by atoms with van der Waals surface area (Å²) in [4.78, 5) is 2.34. The first-order chi connectivity index (χ1) is 8.19. The summed E-state index contributed by atoms with van der Waals surface area (Å²) in [6.45, 7) is 4.83. The Morgan fingerprint density at radius 3 is 2.94 bits per heavy atom. The van der Waals surface area contributed by atoms with E-state index in [4.69, 9.17) is 0 Å². The van der Waals surface area contributed by atoms with E-state index in [1.807, 2.05) is 26.1 Å². The molecular formula is C14H22ClFN2. The molecular weight excluding hydrogens is 251 g/mol. The molecule has 0 saturated carbocycles. The van der Waals surface area contributed by atoms with Crippen molar-refractivity contribution >= 4 is 12.4 Å². The molecule has 1 fully saturated rings. The number of hydrogen-bond acceptors (Lipinski definition) is 2. The topological polar surface area (TPSA) is 15.3 Å². The maximum Gasteiger partial charge on any atom is 0.127 e. The zero-order chi connectivity index (χ0) is 12.3. The fraction of sp³-hybridized carbons (Fsp3) is 0.571.